The number of nitrogens with two attached hydrogens (primary N) is 1. The van der Waals surface area contributed by atoms with Crippen molar-refractivity contribution < 1.29 is 9.72 Å². The van der Waals surface area contributed by atoms with Crippen molar-refractivity contribution in [2.75, 3.05) is 11.4 Å². The predicted molar refractivity (Wildman–Crippen MR) is 72.0 cm³/mol. The van der Waals surface area contributed by atoms with E-state index in [0.29, 0.717) is 18.7 Å². The van der Waals surface area contributed by atoms with Gasteiger partial charge in [-0.3, -0.25) is 14.9 Å². The summed E-state index contributed by atoms with van der Waals surface area (Å²) in [5, 5.41) is 19.8. The molecule has 7 heteroatoms. The molecule has 1 aliphatic rings. The fourth-order valence-corrected chi connectivity index (χ4v) is 2.48. The third-order valence-electron chi connectivity index (χ3n) is 3.46. The number of rotatable bonds is 3. The van der Waals surface area contributed by atoms with Crippen LogP contribution in [0.25, 0.3) is 0 Å². The Balaban J connectivity index is 2.41. The molecule has 20 heavy (non-hydrogen) atoms. The van der Waals surface area contributed by atoms with Crippen LogP contribution in [0.1, 0.15) is 24.8 Å². The van der Waals surface area contributed by atoms with E-state index in [4.69, 9.17) is 11.0 Å². The Hall–Kier alpha value is -2.62. The smallest absolute Gasteiger partial charge is 0.289 e. The number of nitrogens with zero attached hydrogens (tertiary/aromatic N) is 3. The summed E-state index contributed by atoms with van der Waals surface area (Å²) in [6, 6.07) is 5.70. The Morgan fingerprint density at radius 3 is 2.85 bits per heavy atom. The highest BCUT2D eigenvalue weighted by atomic mass is 16.6. The van der Waals surface area contributed by atoms with Crippen LogP contribution in [0.3, 0.4) is 0 Å². The summed E-state index contributed by atoms with van der Waals surface area (Å²) >= 11 is 0. The molecule has 0 radical (unpaired) electrons. The fraction of sp³-hybridized carbons (Fsp3) is 0.385. The van der Waals surface area contributed by atoms with Crippen molar-refractivity contribution >= 4 is 17.3 Å². The summed E-state index contributed by atoms with van der Waals surface area (Å²) in [6.07, 6.45) is 2.45. The summed E-state index contributed by atoms with van der Waals surface area (Å²) in [5.74, 6) is -0.434. The van der Waals surface area contributed by atoms with Gasteiger partial charge < -0.3 is 10.6 Å². The third-order valence-corrected chi connectivity index (χ3v) is 3.46. The SMILES string of the molecule is N#Cc1ccc(N2CCCCC2C(N)=O)cc1[N+](=O)[O-]. The summed E-state index contributed by atoms with van der Waals surface area (Å²) in [7, 11) is 0. The number of nitro groups is 1. The van der Waals surface area contributed by atoms with E-state index in [1.54, 1.807) is 17.0 Å². The summed E-state index contributed by atoms with van der Waals surface area (Å²) < 4.78 is 0. The Morgan fingerprint density at radius 2 is 2.25 bits per heavy atom. The summed E-state index contributed by atoms with van der Waals surface area (Å²) in [5.41, 5.74) is 5.69. The number of hydrogen-bond donors (Lipinski definition) is 1. The Bertz CT molecular complexity index is 594. The molecule has 1 heterocycles. The molecule has 1 amide bonds. The van der Waals surface area contributed by atoms with E-state index in [1.807, 2.05) is 0 Å². The lowest BCUT2D eigenvalue weighted by Crippen LogP contribution is -2.47. The molecule has 1 aromatic carbocycles. The van der Waals surface area contributed by atoms with Crippen LogP contribution >= 0.6 is 0 Å². The average molecular weight is 274 g/mol. The molecule has 1 aromatic rings. The Morgan fingerprint density at radius 1 is 1.50 bits per heavy atom. The lowest BCUT2D eigenvalue weighted by molar-refractivity contribution is -0.385. The van der Waals surface area contributed by atoms with Crippen LogP contribution in [0.5, 0.6) is 0 Å². The second-order valence-electron chi connectivity index (χ2n) is 4.68. The van der Waals surface area contributed by atoms with Crippen LogP contribution in [0.2, 0.25) is 0 Å². The van der Waals surface area contributed by atoms with Crippen LogP contribution in [0, 0.1) is 21.4 Å². The van der Waals surface area contributed by atoms with Gasteiger partial charge in [-0.05, 0) is 31.4 Å². The van der Waals surface area contributed by atoms with Gasteiger partial charge in [0.15, 0.2) is 0 Å². The highest BCUT2D eigenvalue weighted by Crippen LogP contribution is 2.29. The number of amides is 1. The highest BCUT2D eigenvalue weighted by molar-refractivity contribution is 5.84. The number of hydrogen-bond acceptors (Lipinski definition) is 5. The van der Waals surface area contributed by atoms with Gasteiger partial charge in [-0.1, -0.05) is 0 Å². The third kappa shape index (κ3) is 2.54. The van der Waals surface area contributed by atoms with Crippen molar-refractivity contribution in [2.45, 2.75) is 25.3 Å². The number of carbonyl (C=O) groups is 1. The number of nitriles is 1. The second-order valence-corrected chi connectivity index (χ2v) is 4.68. The van der Waals surface area contributed by atoms with Gasteiger partial charge in [-0.15, -0.1) is 0 Å². The molecule has 1 aliphatic heterocycles. The number of anilines is 1. The molecular weight excluding hydrogens is 260 g/mol. The lowest BCUT2D eigenvalue weighted by Gasteiger charge is -2.35. The van der Waals surface area contributed by atoms with Gasteiger partial charge in [0.25, 0.3) is 5.69 Å². The van der Waals surface area contributed by atoms with Crippen molar-refractivity contribution in [3.63, 3.8) is 0 Å². The zero-order valence-electron chi connectivity index (χ0n) is 10.8. The van der Waals surface area contributed by atoms with Crippen LogP contribution in [0.4, 0.5) is 11.4 Å². The first kappa shape index (κ1) is 13.8. The van der Waals surface area contributed by atoms with E-state index in [2.05, 4.69) is 0 Å². The minimum atomic E-state index is -0.592. The molecule has 104 valence electrons. The number of benzene rings is 1. The second kappa shape index (κ2) is 5.57. The maximum Gasteiger partial charge on any atom is 0.289 e. The first-order valence-corrected chi connectivity index (χ1v) is 6.29. The molecule has 0 aliphatic carbocycles. The van der Waals surface area contributed by atoms with Gasteiger partial charge in [-0.25, -0.2) is 0 Å². The van der Waals surface area contributed by atoms with Crippen LogP contribution in [-0.4, -0.2) is 23.4 Å². The van der Waals surface area contributed by atoms with Gasteiger partial charge in [0.2, 0.25) is 5.91 Å². The summed E-state index contributed by atoms with van der Waals surface area (Å²) in [4.78, 5) is 23.6. The minimum absolute atomic E-state index is 0.00591. The molecule has 0 aromatic heterocycles. The van der Waals surface area contributed by atoms with E-state index in [-0.39, 0.29) is 11.3 Å². The van der Waals surface area contributed by atoms with Crippen LogP contribution in [-0.2, 0) is 4.79 Å². The number of nitro benzene ring substituents is 1. The summed E-state index contributed by atoms with van der Waals surface area (Å²) in [6.45, 7) is 0.622. The lowest BCUT2D eigenvalue weighted by atomic mass is 10.00. The zero-order chi connectivity index (χ0) is 14.7. The number of primary amides is 1. The Kier molecular flexibility index (Phi) is 3.84. The van der Waals surface area contributed by atoms with Crippen molar-refractivity contribution in [2.24, 2.45) is 5.73 Å². The van der Waals surface area contributed by atoms with E-state index in [9.17, 15) is 14.9 Å². The highest BCUT2D eigenvalue weighted by Gasteiger charge is 2.28. The van der Waals surface area contributed by atoms with E-state index in [1.165, 1.54) is 12.1 Å². The molecule has 2 rings (SSSR count). The molecule has 7 nitrogen and oxygen atoms in total. The zero-order valence-corrected chi connectivity index (χ0v) is 10.8. The van der Waals surface area contributed by atoms with E-state index >= 15 is 0 Å². The standard InChI is InChI=1S/C13H14N4O3/c14-8-9-4-5-10(7-12(9)17(19)20)16-6-2-1-3-11(16)13(15)18/h4-5,7,11H,1-3,6H2,(H2,15,18). The van der Waals surface area contributed by atoms with Gasteiger partial charge in [0, 0.05) is 18.3 Å². The largest absolute Gasteiger partial charge is 0.368 e. The maximum absolute atomic E-state index is 11.5. The molecule has 2 N–H and O–H groups in total. The van der Waals surface area contributed by atoms with E-state index in [0.717, 1.165) is 12.8 Å². The number of piperidine rings is 1. The van der Waals surface area contributed by atoms with Gasteiger partial charge in [-0.2, -0.15) is 5.26 Å². The molecule has 1 atom stereocenters. The monoisotopic (exact) mass is 274 g/mol. The maximum atomic E-state index is 11.5. The minimum Gasteiger partial charge on any atom is -0.368 e. The normalized spacial score (nSPS) is 18.4. The fourth-order valence-electron chi connectivity index (χ4n) is 2.48. The van der Waals surface area contributed by atoms with Crippen molar-refractivity contribution in [1.82, 2.24) is 0 Å². The van der Waals surface area contributed by atoms with Crippen molar-refractivity contribution in [3.05, 3.63) is 33.9 Å². The van der Waals surface area contributed by atoms with Crippen molar-refractivity contribution in [1.29, 1.82) is 5.26 Å². The van der Waals surface area contributed by atoms with Gasteiger partial charge >= 0.3 is 0 Å². The first-order valence-electron chi connectivity index (χ1n) is 6.29. The number of carbonyl (C=O) groups excluding carboxylic acids is 1. The average Bonchev–Trinajstić information content (AvgIpc) is 2.46. The quantitative estimate of drug-likeness (QED) is 0.659. The topological polar surface area (TPSA) is 113 Å². The van der Waals surface area contributed by atoms with Crippen molar-refractivity contribution in [3.8, 4) is 6.07 Å². The molecule has 0 saturated carbocycles. The molecule has 0 spiro atoms. The molecule has 1 fully saturated rings. The predicted octanol–water partition coefficient (Wildman–Crippen LogP) is 1.31. The van der Waals surface area contributed by atoms with Gasteiger partial charge in [0.05, 0.1) is 4.92 Å². The Labute approximate surface area is 115 Å². The van der Waals surface area contributed by atoms with Crippen LogP contribution < -0.4 is 10.6 Å². The van der Waals surface area contributed by atoms with Crippen LogP contribution in [0.15, 0.2) is 18.2 Å². The van der Waals surface area contributed by atoms with Gasteiger partial charge in [0.1, 0.15) is 17.7 Å². The molecular formula is C13H14N4O3. The first-order chi connectivity index (χ1) is 9.54. The van der Waals surface area contributed by atoms with E-state index < -0.39 is 16.9 Å². The molecule has 1 saturated heterocycles. The molecule has 1 unspecified atom stereocenters. The molecule has 0 bridgehead atoms.